The van der Waals surface area contributed by atoms with E-state index >= 15 is 0 Å². The van der Waals surface area contributed by atoms with Crippen LogP contribution in [0, 0.1) is 0 Å². The maximum atomic E-state index is 3.51. The van der Waals surface area contributed by atoms with Crippen LogP contribution >= 0.6 is 15.9 Å². The second-order valence-corrected chi connectivity index (χ2v) is 6.17. The first-order valence-electron chi connectivity index (χ1n) is 6.85. The predicted octanol–water partition coefficient (Wildman–Crippen LogP) is 4.62. The Kier molecular flexibility index (Phi) is 4.00. The molecule has 2 aromatic carbocycles. The first-order chi connectivity index (χ1) is 9.31. The molecule has 0 atom stereocenters. The molecule has 2 heteroatoms. The Morgan fingerprint density at radius 2 is 1.68 bits per heavy atom. The lowest BCUT2D eigenvalue weighted by atomic mass is 10.1. The van der Waals surface area contributed by atoms with Gasteiger partial charge in [0.2, 0.25) is 0 Å². The third-order valence-corrected chi connectivity index (χ3v) is 4.10. The molecule has 0 unspecified atom stereocenters. The van der Waals surface area contributed by atoms with Crippen LogP contribution in [0.3, 0.4) is 0 Å². The van der Waals surface area contributed by atoms with Gasteiger partial charge < -0.3 is 5.32 Å². The summed E-state index contributed by atoms with van der Waals surface area (Å²) in [6.07, 6.45) is 2.74. The molecule has 0 spiro atoms. The van der Waals surface area contributed by atoms with Crippen molar-refractivity contribution in [1.29, 1.82) is 0 Å². The molecule has 1 fully saturated rings. The van der Waals surface area contributed by atoms with Gasteiger partial charge >= 0.3 is 0 Å². The highest BCUT2D eigenvalue weighted by Gasteiger charge is 2.23. The Hall–Kier alpha value is -1.12. The molecule has 3 rings (SSSR count). The van der Waals surface area contributed by atoms with Crippen LogP contribution in [-0.4, -0.2) is 0 Å². The molecule has 1 N–H and O–H groups in total. The number of rotatable bonds is 5. The van der Waals surface area contributed by atoms with Crippen LogP contribution in [0.15, 0.2) is 53.0 Å². The maximum absolute atomic E-state index is 3.51. The first kappa shape index (κ1) is 12.9. The molecule has 1 saturated carbocycles. The van der Waals surface area contributed by atoms with E-state index < -0.39 is 0 Å². The van der Waals surface area contributed by atoms with Gasteiger partial charge in [0.05, 0.1) is 0 Å². The molecule has 1 aliphatic rings. The molecule has 0 amide bonds. The number of halogens is 1. The molecule has 0 saturated heterocycles. The molecular weight excluding hydrogens is 298 g/mol. The molecule has 0 bridgehead atoms. The van der Waals surface area contributed by atoms with Crippen molar-refractivity contribution in [3.05, 3.63) is 69.7 Å². The summed E-state index contributed by atoms with van der Waals surface area (Å²) < 4.78 is 1.13. The number of nitrogens with one attached hydrogen (secondary N) is 1. The van der Waals surface area contributed by atoms with E-state index in [0.29, 0.717) is 0 Å². The summed E-state index contributed by atoms with van der Waals surface area (Å²) in [7, 11) is 0. The zero-order chi connectivity index (χ0) is 13.1. The van der Waals surface area contributed by atoms with Crippen LogP contribution in [0.4, 0.5) is 0 Å². The van der Waals surface area contributed by atoms with Crippen LogP contribution < -0.4 is 5.32 Å². The summed E-state index contributed by atoms with van der Waals surface area (Å²) in [4.78, 5) is 0. The van der Waals surface area contributed by atoms with Gasteiger partial charge in [0.15, 0.2) is 0 Å². The normalized spacial score (nSPS) is 14.6. The van der Waals surface area contributed by atoms with Gasteiger partial charge in [-0.1, -0.05) is 52.3 Å². The van der Waals surface area contributed by atoms with Gasteiger partial charge in [0.25, 0.3) is 0 Å². The fraction of sp³-hybridized carbons (Fsp3) is 0.294. The Balaban J connectivity index is 1.54. The molecule has 0 radical (unpaired) electrons. The van der Waals surface area contributed by atoms with Gasteiger partial charge in [-0.3, -0.25) is 0 Å². The standard InChI is InChI=1S/C17H18BrN/c18-17-8-4-13(5-9-17)11-19-12-14-2-1-3-16(10-14)15-6-7-15/h1-5,8-10,15,19H,6-7,11-12H2. The van der Waals surface area contributed by atoms with Crippen molar-refractivity contribution in [3.8, 4) is 0 Å². The highest BCUT2D eigenvalue weighted by Crippen LogP contribution is 2.40. The van der Waals surface area contributed by atoms with Gasteiger partial charge in [0.1, 0.15) is 0 Å². The maximum Gasteiger partial charge on any atom is 0.0208 e. The van der Waals surface area contributed by atoms with Crippen molar-refractivity contribution in [1.82, 2.24) is 5.32 Å². The van der Waals surface area contributed by atoms with Crippen LogP contribution in [-0.2, 0) is 13.1 Å². The SMILES string of the molecule is Brc1ccc(CNCc2cccc(C3CC3)c2)cc1. The summed E-state index contributed by atoms with van der Waals surface area (Å²) in [5.74, 6) is 0.839. The summed E-state index contributed by atoms with van der Waals surface area (Å²) in [5.41, 5.74) is 4.23. The van der Waals surface area contributed by atoms with Crippen molar-refractivity contribution in [3.63, 3.8) is 0 Å². The Labute approximate surface area is 123 Å². The zero-order valence-electron chi connectivity index (χ0n) is 10.9. The number of hydrogen-bond acceptors (Lipinski definition) is 1. The topological polar surface area (TPSA) is 12.0 Å². The smallest absolute Gasteiger partial charge is 0.0208 e. The second kappa shape index (κ2) is 5.89. The molecule has 19 heavy (non-hydrogen) atoms. The minimum Gasteiger partial charge on any atom is -0.309 e. The van der Waals surface area contributed by atoms with Crippen LogP contribution in [0.5, 0.6) is 0 Å². The average molecular weight is 316 g/mol. The van der Waals surface area contributed by atoms with Crippen molar-refractivity contribution in [2.45, 2.75) is 31.8 Å². The van der Waals surface area contributed by atoms with E-state index in [1.54, 1.807) is 0 Å². The quantitative estimate of drug-likeness (QED) is 0.849. The van der Waals surface area contributed by atoms with Gasteiger partial charge in [-0.05, 0) is 47.6 Å². The highest BCUT2D eigenvalue weighted by molar-refractivity contribution is 9.10. The summed E-state index contributed by atoms with van der Waals surface area (Å²) >= 11 is 3.46. The van der Waals surface area contributed by atoms with E-state index in [-0.39, 0.29) is 0 Å². The van der Waals surface area contributed by atoms with Crippen molar-refractivity contribution < 1.29 is 0 Å². The molecule has 1 aliphatic carbocycles. The monoisotopic (exact) mass is 315 g/mol. The minimum atomic E-state index is 0.839. The largest absolute Gasteiger partial charge is 0.309 e. The van der Waals surface area contributed by atoms with E-state index in [2.05, 4.69) is 69.8 Å². The fourth-order valence-electron chi connectivity index (χ4n) is 2.33. The molecule has 0 aliphatic heterocycles. The van der Waals surface area contributed by atoms with E-state index in [1.807, 2.05) is 0 Å². The van der Waals surface area contributed by atoms with E-state index in [9.17, 15) is 0 Å². The zero-order valence-corrected chi connectivity index (χ0v) is 12.5. The third-order valence-electron chi connectivity index (χ3n) is 3.57. The number of benzene rings is 2. The van der Waals surface area contributed by atoms with Crippen molar-refractivity contribution in [2.75, 3.05) is 0 Å². The van der Waals surface area contributed by atoms with Crippen LogP contribution in [0.25, 0.3) is 0 Å². The summed E-state index contributed by atoms with van der Waals surface area (Å²) in [6.45, 7) is 1.86. The summed E-state index contributed by atoms with van der Waals surface area (Å²) in [6, 6.07) is 17.5. The van der Waals surface area contributed by atoms with E-state index in [4.69, 9.17) is 0 Å². The van der Waals surface area contributed by atoms with Crippen molar-refractivity contribution >= 4 is 15.9 Å². The van der Waals surface area contributed by atoms with Crippen LogP contribution in [0.2, 0.25) is 0 Å². The highest BCUT2D eigenvalue weighted by atomic mass is 79.9. The second-order valence-electron chi connectivity index (χ2n) is 5.25. The number of hydrogen-bond donors (Lipinski definition) is 1. The lowest BCUT2D eigenvalue weighted by Gasteiger charge is -2.07. The van der Waals surface area contributed by atoms with Gasteiger partial charge in [-0.2, -0.15) is 0 Å². The Morgan fingerprint density at radius 3 is 2.42 bits per heavy atom. The van der Waals surface area contributed by atoms with Gasteiger partial charge in [-0.25, -0.2) is 0 Å². The average Bonchev–Trinajstić information content (AvgIpc) is 3.26. The molecule has 0 aromatic heterocycles. The van der Waals surface area contributed by atoms with Gasteiger partial charge in [-0.15, -0.1) is 0 Å². The van der Waals surface area contributed by atoms with E-state index in [0.717, 1.165) is 23.5 Å². The van der Waals surface area contributed by atoms with Gasteiger partial charge in [0, 0.05) is 17.6 Å². The minimum absolute atomic E-state index is 0.839. The Bertz CT molecular complexity index is 543. The predicted molar refractivity (Wildman–Crippen MR) is 83.1 cm³/mol. The Morgan fingerprint density at radius 1 is 0.947 bits per heavy atom. The molecular formula is C17H18BrN. The molecule has 0 heterocycles. The first-order valence-corrected chi connectivity index (χ1v) is 7.64. The summed E-state index contributed by atoms with van der Waals surface area (Å²) in [5, 5.41) is 3.51. The lowest BCUT2D eigenvalue weighted by Crippen LogP contribution is -2.12. The molecule has 1 nitrogen and oxygen atoms in total. The van der Waals surface area contributed by atoms with E-state index in [1.165, 1.54) is 29.5 Å². The molecule has 98 valence electrons. The van der Waals surface area contributed by atoms with Crippen molar-refractivity contribution in [2.24, 2.45) is 0 Å². The fourth-order valence-corrected chi connectivity index (χ4v) is 2.59. The molecule has 2 aromatic rings. The van der Waals surface area contributed by atoms with Crippen LogP contribution in [0.1, 0.15) is 35.4 Å². The third kappa shape index (κ3) is 3.68. The lowest BCUT2D eigenvalue weighted by molar-refractivity contribution is 0.692.